The molecule has 2 aromatic carbocycles. The number of benzene rings is 2. The van der Waals surface area contributed by atoms with Crippen molar-refractivity contribution in [1.82, 2.24) is 0 Å². The van der Waals surface area contributed by atoms with Crippen LogP contribution < -0.4 is 4.74 Å². The Bertz CT molecular complexity index is 1060. The van der Waals surface area contributed by atoms with Crippen LogP contribution >= 0.6 is 0 Å². The summed E-state index contributed by atoms with van der Waals surface area (Å²) >= 11 is 0. The number of aliphatic carboxylic acids is 1. The molecule has 1 aliphatic heterocycles. The van der Waals surface area contributed by atoms with Gasteiger partial charge in [-0.25, -0.2) is 4.79 Å². The van der Waals surface area contributed by atoms with E-state index >= 15 is 0 Å². The number of allylic oxidation sites excluding steroid dienone is 1. The van der Waals surface area contributed by atoms with E-state index in [0.29, 0.717) is 6.61 Å². The molecule has 158 valence electrons. The van der Waals surface area contributed by atoms with Gasteiger partial charge in [-0.05, 0) is 77.5 Å². The zero-order valence-electron chi connectivity index (χ0n) is 18.9. The van der Waals surface area contributed by atoms with Crippen LogP contribution in [0.4, 0.5) is 0 Å². The maximum Gasteiger partial charge on any atom is 0.328 e. The minimum atomic E-state index is -0.924. The first-order valence-corrected chi connectivity index (χ1v) is 10.8. The highest BCUT2D eigenvalue weighted by molar-refractivity contribution is 5.89. The molecule has 0 amide bonds. The number of hydrogen-bond acceptors (Lipinski definition) is 2. The molecule has 1 heterocycles. The lowest BCUT2D eigenvalue weighted by atomic mass is 9.62. The van der Waals surface area contributed by atoms with Crippen molar-refractivity contribution in [1.29, 1.82) is 0 Å². The molecule has 0 radical (unpaired) electrons. The molecule has 3 nitrogen and oxygen atoms in total. The maximum absolute atomic E-state index is 11.1. The molecule has 4 rings (SSSR count). The monoisotopic (exact) mass is 404 g/mol. The van der Waals surface area contributed by atoms with E-state index < -0.39 is 5.97 Å². The Morgan fingerprint density at radius 2 is 1.60 bits per heavy atom. The summed E-state index contributed by atoms with van der Waals surface area (Å²) in [6.07, 6.45) is 3.65. The van der Waals surface area contributed by atoms with Crippen molar-refractivity contribution < 1.29 is 14.6 Å². The van der Waals surface area contributed by atoms with Crippen LogP contribution in [0.1, 0.15) is 82.2 Å². The topological polar surface area (TPSA) is 46.5 Å². The number of carbonyl (C=O) groups is 1. The quantitative estimate of drug-likeness (QED) is 0.618. The lowest BCUT2D eigenvalue weighted by molar-refractivity contribution is -0.131. The third-order valence-electron chi connectivity index (χ3n) is 7.38. The number of fused-ring (bicyclic) bond motifs is 2. The van der Waals surface area contributed by atoms with E-state index in [0.717, 1.165) is 22.4 Å². The van der Waals surface area contributed by atoms with Crippen molar-refractivity contribution in [3.05, 3.63) is 70.3 Å². The molecule has 1 aliphatic carbocycles. The molecule has 0 bridgehead atoms. The molecular weight excluding hydrogens is 372 g/mol. The average Bonchev–Trinajstić information content (AvgIpc) is 3.02. The van der Waals surface area contributed by atoms with Gasteiger partial charge in [-0.2, -0.15) is 0 Å². The fraction of sp³-hybridized carbons (Fsp3) is 0.444. The third-order valence-corrected chi connectivity index (χ3v) is 7.38. The molecule has 0 fully saturated rings. The van der Waals surface area contributed by atoms with E-state index in [4.69, 9.17) is 9.84 Å². The van der Waals surface area contributed by atoms with E-state index in [2.05, 4.69) is 58.9 Å². The summed E-state index contributed by atoms with van der Waals surface area (Å²) in [5.74, 6) is -0.0340. The number of carboxylic acids is 1. The van der Waals surface area contributed by atoms with Gasteiger partial charge in [-0.15, -0.1) is 0 Å². The van der Waals surface area contributed by atoms with Gasteiger partial charge in [0.2, 0.25) is 0 Å². The van der Waals surface area contributed by atoms with E-state index in [1.54, 1.807) is 0 Å². The van der Waals surface area contributed by atoms with Crippen molar-refractivity contribution >= 4 is 11.5 Å². The normalized spacial score (nSPS) is 24.0. The molecule has 0 spiro atoms. The zero-order chi connectivity index (χ0) is 21.9. The standard InChI is InChI=1S/C27H32O3/c1-17(13-24(28)29)18-7-10-23-22(14-18)27(6,16-30-23)19-8-9-20-21(15-19)26(4,5)12-11-25(20,2)3/h7-10,13-15H,11-12,16H2,1-6H3,(H,28,29)/b17-13-. The second kappa shape index (κ2) is 6.73. The lowest BCUT2D eigenvalue weighted by Gasteiger charge is -2.42. The minimum absolute atomic E-state index is 0.155. The molecule has 1 unspecified atom stereocenters. The van der Waals surface area contributed by atoms with Crippen LogP contribution in [0.15, 0.2) is 42.5 Å². The Labute approximate surface area is 179 Å². The second-order valence-corrected chi connectivity index (χ2v) is 10.5. The molecule has 3 heteroatoms. The van der Waals surface area contributed by atoms with Crippen molar-refractivity contribution in [3.63, 3.8) is 0 Å². The van der Waals surface area contributed by atoms with E-state index in [1.807, 2.05) is 19.1 Å². The van der Waals surface area contributed by atoms with Gasteiger partial charge in [-0.1, -0.05) is 52.0 Å². The van der Waals surface area contributed by atoms with Gasteiger partial charge in [0, 0.05) is 11.6 Å². The molecular formula is C27H32O3. The minimum Gasteiger partial charge on any atom is -0.492 e. The first kappa shape index (κ1) is 20.7. The predicted octanol–water partition coefficient (Wildman–Crippen LogP) is 6.22. The molecule has 0 saturated heterocycles. The van der Waals surface area contributed by atoms with Gasteiger partial charge < -0.3 is 9.84 Å². The van der Waals surface area contributed by atoms with Crippen molar-refractivity contribution in [2.24, 2.45) is 0 Å². The fourth-order valence-electron chi connectivity index (χ4n) is 5.07. The summed E-state index contributed by atoms with van der Waals surface area (Å²) in [5, 5.41) is 9.12. The summed E-state index contributed by atoms with van der Waals surface area (Å²) in [5.41, 5.74) is 7.06. The van der Waals surface area contributed by atoms with Crippen LogP contribution in [0, 0.1) is 0 Å². The molecule has 0 saturated carbocycles. The molecule has 1 N–H and O–H groups in total. The van der Waals surface area contributed by atoms with Gasteiger partial charge in [0.1, 0.15) is 12.4 Å². The molecule has 2 aromatic rings. The third kappa shape index (κ3) is 3.25. The summed E-state index contributed by atoms with van der Waals surface area (Å²) in [7, 11) is 0. The van der Waals surface area contributed by atoms with E-state index in [9.17, 15) is 4.79 Å². The predicted molar refractivity (Wildman–Crippen MR) is 121 cm³/mol. The average molecular weight is 405 g/mol. The number of hydrogen-bond donors (Lipinski definition) is 1. The Hall–Kier alpha value is -2.55. The van der Waals surface area contributed by atoms with Crippen LogP contribution in [0.25, 0.3) is 5.57 Å². The van der Waals surface area contributed by atoms with Crippen LogP contribution in [0.2, 0.25) is 0 Å². The Kier molecular flexibility index (Phi) is 4.65. The number of rotatable bonds is 3. The highest BCUT2D eigenvalue weighted by atomic mass is 16.5. The van der Waals surface area contributed by atoms with Gasteiger partial charge in [0.05, 0.1) is 5.41 Å². The molecule has 0 aromatic heterocycles. The first-order chi connectivity index (χ1) is 13.9. The fourth-order valence-corrected chi connectivity index (χ4v) is 5.07. The van der Waals surface area contributed by atoms with Crippen LogP contribution in [0.5, 0.6) is 5.75 Å². The Morgan fingerprint density at radius 1 is 0.933 bits per heavy atom. The smallest absolute Gasteiger partial charge is 0.328 e. The summed E-state index contributed by atoms with van der Waals surface area (Å²) < 4.78 is 6.09. The molecule has 2 aliphatic rings. The van der Waals surface area contributed by atoms with Gasteiger partial charge >= 0.3 is 5.97 Å². The molecule has 30 heavy (non-hydrogen) atoms. The van der Waals surface area contributed by atoms with Crippen molar-refractivity contribution in [3.8, 4) is 5.75 Å². The lowest BCUT2D eigenvalue weighted by Crippen LogP contribution is -2.35. The number of carboxylic acid groups (broad SMARTS) is 1. The highest BCUT2D eigenvalue weighted by Gasteiger charge is 2.42. The summed E-state index contributed by atoms with van der Waals surface area (Å²) in [6, 6.07) is 13.0. The highest BCUT2D eigenvalue weighted by Crippen LogP contribution is 2.49. The SMILES string of the molecule is C/C(=C/C(=O)O)c1ccc2c(c1)C(C)(c1ccc3c(c1)C(C)(C)CCC3(C)C)CO2. The van der Waals surface area contributed by atoms with Crippen LogP contribution in [-0.4, -0.2) is 17.7 Å². The van der Waals surface area contributed by atoms with E-state index in [-0.39, 0.29) is 16.2 Å². The van der Waals surface area contributed by atoms with E-state index in [1.165, 1.54) is 35.6 Å². The largest absolute Gasteiger partial charge is 0.492 e. The van der Waals surface area contributed by atoms with Crippen LogP contribution in [-0.2, 0) is 21.0 Å². The first-order valence-electron chi connectivity index (χ1n) is 10.8. The van der Waals surface area contributed by atoms with Crippen molar-refractivity contribution in [2.45, 2.75) is 70.6 Å². The Balaban J connectivity index is 1.83. The van der Waals surface area contributed by atoms with Gasteiger partial charge in [0.25, 0.3) is 0 Å². The van der Waals surface area contributed by atoms with Crippen LogP contribution in [0.3, 0.4) is 0 Å². The van der Waals surface area contributed by atoms with Gasteiger partial charge in [0.15, 0.2) is 0 Å². The second-order valence-electron chi connectivity index (χ2n) is 10.5. The molecule has 1 atom stereocenters. The Morgan fingerprint density at radius 3 is 2.27 bits per heavy atom. The summed E-state index contributed by atoms with van der Waals surface area (Å²) in [6.45, 7) is 14.1. The zero-order valence-corrected chi connectivity index (χ0v) is 18.9. The number of ether oxygens (including phenoxy) is 1. The van der Waals surface area contributed by atoms with Crippen molar-refractivity contribution in [2.75, 3.05) is 6.61 Å². The van der Waals surface area contributed by atoms with Gasteiger partial charge in [-0.3, -0.25) is 0 Å². The summed E-state index contributed by atoms with van der Waals surface area (Å²) in [4.78, 5) is 11.1. The maximum atomic E-state index is 11.1.